The van der Waals surface area contributed by atoms with Crippen LogP contribution < -0.4 is 5.32 Å². The van der Waals surface area contributed by atoms with E-state index in [1.807, 2.05) is 0 Å². The number of hydrogen-bond donors (Lipinski definition) is 1. The first-order valence-electron chi connectivity index (χ1n) is 8.98. The molecule has 0 radical (unpaired) electrons. The van der Waals surface area contributed by atoms with Crippen LogP contribution in [-0.4, -0.2) is 54.1 Å². The van der Waals surface area contributed by atoms with E-state index in [1.54, 1.807) is 0 Å². The predicted octanol–water partition coefficient (Wildman–Crippen LogP) is 2.45. The third-order valence-electron chi connectivity index (χ3n) is 5.19. The Labute approximate surface area is 130 Å². The van der Waals surface area contributed by atoms with Crippen molar-refractivity contribution in [1.82, 2.24) is 15.1 Å². The molecule has 1 amide bonds. The smallest absolute Gasteiger partial charge is 0.241 e. The van der Waals surface area contributed by atoms with Gasteiger partial charge in [-0.25, -0.2) is 0 Å². The Hall–Kier alpha value is -0.610. The zero-order valence-corrected chi connectivity index (χ0v) is 14.1. The minimum Gasteiger partial charge on any atom is -0.326 e. The summed E-state index contributed by atoms with van der Waals surface area (Å²) in [6.07, 6.45) is 7.07. The van der Waals surface area contributed by atoms with Crippen molar-refractivity contribution >= 4 is 5.91 Å². The molecule has 122 valence electrons. The molecule has 2 saturated heterocycles. The monoisotopic (exact) mass is 295 g/mol. The number of nitrogens with zero attached hydrogens (tertiary/aromatic N) is 2. The van der Waals surface area contributed by atoms with Crippen LogP contribution in [0.4, 0.5) is 0 Å². The molecule has 2 atom stereocenters. The van der Waals surface area contributed by atoms with Gasteiger partial charge in [0.15, 0.2) is 0 Å². The number of carbonyl (C=O) groups excluding carboxylic acids is 1. The predicted molar refractivity (Wildman–Crippen MR) is 87.1 cm³/mol. The summed E-state index contributed by atoms with van der Waals surface area (Å²) in [5, 5.41) is 3.55. The van der Waals surface area contributed by atoms with Crippen molar-refractivity contribution in [2.45, 2.75) is 71.5 Å². The van der Waals surface area contributed by atoms with Gasteiger partial charge in [-0.3, -0.25) is 10.1 Å². The maximum atomic E-state index is 12.6. The molecule has 0 aromatic rings. The molecule has 2 unspecified atom stereocenters. The molecule has 2 fully saturated rings. The molecular formula is C17H33N3O. The number of amides is 1. The molecule has 0 bridgehead atoms. The number of hydrogen-bond acceptors (Lipinski definition) is 3. The van der Waals surface area contributed by atoms with E-state index in [0.29, 0.717) is 11.8 Å². The van der Waals surface area contributed by atoms with Gasteiger partial charge in [0.2, 0.25) is 5.91 Å². The van der Waals surface area contributed by atoms with Crippen molar-refractivity contribution < 1.29 is 4.79 Å². The highest BCUT2D eigenvalue weighted by atomic mass is 16.2. The van der Waals surface area contributed by atoms with E-state index < -0.39 is 0 Å². The highest BCUT2D eigenvalue weighted by molar-refractivity contribution is 5.84. The van der Waals surface area contributed by atoms with Crippen molar-refractivity contribution in [3.8, 4) is 0 Å². The zero-order valence-electron chi connectivity index (χ0n) is 14.1. The van der Waals surface area contributed by atoms with Crippen LogP contribution in [0.2, 0.25) is 0 Å². The van der Waals surface area contributed by atoms with Crippen LogP contribution in [0.3, 0.4) is 0 Å². The molecule has 2 rings (SSSR count). The van der Waals surface area contributed by atoms with Crippen LogP contribution in [-0.2, 0) is 4.79 Å². The third kappa shape index (κ3) is 4.19. The van der Waals surface area contributed by atoms with Gasteiger partial charge in [0.1, 0.15) is 0 Å². The minimum atomic E-state index is 0.0747. The maximum absolute atomic E-state index is 12.6. The van der Waals surface area contributed by atoms with Crippen molar-refractivity contribution in [1.29, 1.82) is 0 Å². The second kappa shape index (κ2) is 8.14. The van der Waals surface area contributed by atoms with Gasteiger partial charge >= 0.3 is 0 Å². The lowest BCUT2D eigenvalue weighted by Crippen LogP contribution is -2.43. The Morgan fingerprint density at radius 3 is 2.48 bits per heavy atom. The summed E-state index contributed by atoms with van der Waals surface area (Å²) >= 11 is 0. The maximum Gasteiger partial charge on any atom is 0.241 e. The fourth-order valence-corrected chi connectivity index (χ4v) is 3.68. The molecule has 0 aliphatic carbocycles. The Bertz CT molecular complexity index is 326. The fourth-order valence-electron chi connectivity index (χ4n) is 3.68. The van der Waals surface area contributed by atoms with Crippen LogP contribution in [0.25, 0.3) is 0 Å². The molecule has 4 nitrogen and oxygen atoms in total. The van der Waals surface area contributed by atoms with Gasteiger partial charge in [0.05, 0.1) is 12.2 Å². The van der Waals surface area contributed by atoms with E-state index in [4.69, 9.17) is 0 Å². The van der Waals surface area contributed by atoms with E-state index in [2.05, 4.69) is 35.9 Å². The number of piperidine rings is 1. The number of unbranched alkanes of at least 4 members (excludes halogenated alkanes) is 1. The van der Waals surface area contributed by atoms with Crippen molar-refractivity contribution in [3.63, 3.8) is 0 Å². The van der Waals surface area contributed by atoms with Crippen LogP contribution >= 0.6 is 0 Å². The first-order valence-corrected chi connectivity index (χ1v) is 8.98. The molecule has 0 saturated carbocycles. The number of rotatable bonds is 7. The lowest BCUT2D eigenvalue weighted by atomic mass is 9.96. The molecule has 2 heterocycles. The van der Waals surface area contributed by atoms with Crippen LogP contribution in [0.15, 0.2) is 0 Å². The van der Waals surface area contributed by atoms with Crippen molar-refractivity contribution in [2.24, 2.45) is 5.92 Å². The highest BCUT2D eigenvalue weighted by Gasteiger charge is 2.38. The van der Waals surface area contributed by atoms with Crippen molar-refractivity contribution in [2.75, 3.05) is 26.2 Å². The second-order valence-corrected chi connectivity index (χ2v) is 6.65. The highest BCUT2D eigenvalue weighted by Crippen LogP contribution is 2.23. The molecule has 0 aromatic carbocycles. The van der Waals surface area contributed by atoms with E-state index >= 15 is 0 Å². The summed E-state index contributed by atoms with van der Waals surface area (Å²) in [5.74, 6) is 1.05. The van der Waals surface area contributed by atoms with Gasteiger partial charge in [-0.2, -0.15) is 0 Å². The zero-order chi connectivity index (χ0) is 15.2. The Morgan fingerprint density at radius 1 is 1.19 bits per heavy atom. The summed E-state index contributed by atoms with van der Waals surface area (Å²) in [6, 6.07) is 0.0747. The number of nitrogens with one attached hydrogen (secondary N) is 1. The quantitative estimate of drug-likeness (QED) is 0.783. The van der Waals surface area contributed by atoms with E-state index in [-0.39, 0.29) is 12.2 Å². The fraction of sp³-hybridized carbons (Fsp3) is 0.941. The lowest BCUT2D eigenvalue weighted by Gasteiger charge is -2.34. The third-order valence-corrected chi connectivity index (χ3v) is 5.19. The van der Waals surface area contributed by atoms with Gasteiger partial charge in [-0.15, -0.1) is 0 Å². The van der Waals surface area contributed by atoms with Gasteiger partial charge in [0, 0.05) is 6.54 Å². The minimum absolute atomic E-state index is 0.0747. The Balaban J connectivity index is 1.87. The summed E-state index contributed by atoms with van der Waals surface area (Å²) in [6.45, 7) is 11.1. The summed E-state index contributed by atoms with van der Waals surface area (Å²) < 4.78 is 0. The standard InChI is InChI=1S/C17H33N3O/c1-4-7-8-15-17(21)20(16(5-2)18-15)13-14-9-11-19(6-3)12-10-14/h14-16,18H,4-13H2,1-3H3. The molecule has 21 heavy (non-hydrogen) atoms. The van der Waals surface area contributed by atoms with Gasteiger partial charge in [0.25, 0.3) is 0 Å². The topological polar surface area (TPSA) is 35.6 Å². The number of likely N-dealkylation sites (tertiary alicyclic amines) is 1. The Kier molecular flexibility index (Phi) is 6.49. The summed E-state index contributed by atoms with van der Waals surface area (Å²) in [7, 11) is 0. The van der Waals surface area contributed by atoms with E-state index in [9.17, 15) is 4.79 Å². The molecule has 1 N–H and O–H groups in total. The summed E-state index contributed by atoms with van der Waals surface area (Å²) in [4.78, 5) is 17.3. The molecule has 0 spiro atoms. The molecule has 4 heteroatoms. The Morgan fingerprint density at radius 2 is 1.90 bits per heavy atom. The van der Waals surface area contributed by atoms with Crippen LogP contribution in [0.5, 0.6) is 0 Å². The van der Waals surface area contributed by atoms with Crippen molar-refractivity contribution in [3.05, 3.63) is 0 Å². The van der Waals surface area contributed by atoms with Crippen LogP contribution in [0.1, 0.15) is 59.3 Å². The molecule has 2 aliphatic heterocycles. The van der Waals surface area contributed by atoms with Gasteiger partial charge in [-0.05, 0) is 51.2 Å². The van der Waals surface area contributed by atoms with E-state index in [0.717, 1.165) is 38.8 Å². The average molecular weight is 295 g/mol. The van der Waals surface area contributed by atoms with E-state index in [1.165, 1.54) is 25.9 Å². The SMILES string of the molecule is CCCCC1NC(CC)N(CC2CCN(CC)CC2)C1=O. The molecule has 0 aromatic heterocycles. The molecule has 2 aliphatic rings. The number of carbonyl (C=O) groups is 1. The summed E-state index contributed by atoms with van der Waals surface area (Å²) in [5.41, 5.74) is 0. The lowest BCUT2D eigenvalue weighted by molar-refractivity contribution is -0.131. The van der Waals surface area contributed by atoms with Gasteiger partial charge < -0.3 is 9.80 Å². The largest absolute Gasteiger partial charge is 0.326 e. The first kappa shape index (κ1) is 16.8. The van der Waals surface area contributed by atoms with Gasteiger partial charge in [-0.1, -0.05) is 33.6 Å². The second-order valence-electron chi connectivity index (χ2n) is 6.65. The first-order chi connectivity index (χ1) is 10.2. The molecular weight excluding hydrogens is 262 g/mol. The van der Waals surface area contributed by atoms with Crippen LogP contribution in [0, 0.1) is 5.92 Å². The normalized spacial score (nSPS) is 28.5. The average Bonchev–Trinajstić information content (AvgIpc) is 2.82.